The number of carbonyl (C=O) groups excluding carboxylic acids is 1. The molecule has 3 nitrogen and oxygen atoms in total. The summed E-state index contributed by atoms with van der Waals surface area (Å²) >= 11 is 0. The van der Waals surface area contributed by atoms with E-state index in [0.717, 1.165) is 31.8 Å². The maximum atomic E-state index is 11.9. The molecule has 0 N–H and O–H groups in total. The molecule has 0 spiro atoms. The molecule has 0 amide bonds. The van der Waals surface area contributed by atoms with Crippen molar-refractivity contribution in [2.75, 3.05) is 20.1 Å². The van der Waals surface area contributed by atoms with Crippen molar-refractivity contribution >= 4 is 18.4 Å². The van der Waals surface area contributed by atoms with E-state index in [1.807, 2.05) is 6.92 Å². The summed E-state index contributed by atoms with van der Waals surface area (Å²) in [5.41, 5.74) is 2.19. The van der Waals surface area contributed by atoms with Crippen molar-refractivity contribution < 1.29 is 9.53 Å². The molecule has 1 saturated carbocycles. The van der Waals surface area contributed by atoms with Crippen LogP contribution in [0.3, 0.4) is 0 Å². The summed E-state index contributed by atoms with van der Waals surface area (Å²) < 4.78 is 5.91. The molecule has 1 aliphatic carbocycles. The van der Waals surface area contributed by atoms with Gasteiger partial charge in [-0.15, -0.1) is 12.4 Å². The van der Waals surface area contributed by atoms with Crippen LogP contribution >= 0.6 is 12.4 Å². The Morgan fingerprint density at radius 3 is 2.32 bits per heavy atom. The fourth-order valence-corrected chi connectivity index (χ4v) is 3.20. The first-order chi connectivity index (χ1) is 10.1. The normalized spacial score (nSPS) is 21.0. The lowest BCUT2D eigenvalue weighted by Crippen LogP contribution is -2.43. The fourth-order valence-electron chi connectivity index (χ4n) is 3.20. The zero-order chi connectivity index (χ0) is 14.9. The third kappa shape index (κ3) is 3.64. The van der Waals surface area contributed by atoms with E-state index < -0.39 is 5.60 Å². The Hall–Kier alpha value is -1.06. The fraction of sp³-hybridized carbons (Fsp3) is 0.611. The topological polar surface area (TPSA) is 29.5 Å². The Morgan fingerprint density at radius 2 is 1.82 bits per heavy atom. The largest absolute Gasteiger partial charge is 0.454 e. The van der Waals surface area contributed by atoms with Crippen molar-refractivity contribution in [2.45, 2.75) is 50.5 Å². The maximum absolute atomic E-state index is 11.9. The number of likely N-dealkylation sites (tertiary alicyclic amines) is 1. The number of halogens is 1. The van der Waals surface area contributed by atoms with E-state index in [1.165, 1.54) is 24.0 Å². The molecule has 22 heavy (non-hydrogen) atoms. The molecule has 0 aromatic heterocycles. The molecular weight excluding hydrogens is 298 g/mol. The van der Waals surface area contributed by atoms with Gasteiger partial charge in [-0.25, -0.2) is 0 Å². The molecule has 4 heteroatoms. The van der Waals surface area contributed by atoms with Crippen LogP contribution in [0.4, 0.5) is 0 Å². The van der Waals surface area contributed by atoms with Crippen molar-refractivity contribution in [3.05, 3.63) is 35.4 Å². The standard InChI is InChI=1S/C18H25NO2.ClH/c1-3-17(20)21-18(10-12-19(2)13-11-18)16-8-6-15(7-9-16)14-4-5-14;/h6-9,14H,3-5,10-13H2,1-2H3;1H. The first-order valence-corrected chi connectivity index (χ1v) is 8.14. The second kappa shape index (κ2) is 7.01. The van der Waals surface area contributed by atoms with E-state index in [9.17, 15) is 4.79 Å². The van der Waals surface area contributed by atoms with Crippen molar-refractivity contribution in [2.24, 2.45) is 0 Å². The Kier molecular flexibility index (Phi) is 5.51. The van der Waals surface area contributed by atoms with E-state index in [-0.39, 0.29) is 18.4 Å². The second-order valence-electron chi connectivity index (χ2n) is 6.52. The van der Waals surface area contributed by atoms with E-state index in [0.29, 0.717) is 6.42 Å². The zero-order valence-corrected chi connectivity index (χ0v) is 14.3. The zero-order valence-electron chi connectivity index (χ0n) is 13.5. The summed E-state index contributed by atoms with van der Waals surface area (Å²) in [6.07, 6.45) is 4.86. The highest BCUT2D eigenvalue weighted by Crippen LogP contribution is 2.42. The van der Waals surface area contributed by atoms with Crippen molar-refractivity contribution in [3.8, 4) is 0 Å². The molecule has 3 rings (SSSR count). The molecule has 2 aliphatic rings. The molecule has 1 heterocycles. The Balaban J connectivity index is 0.00000176. The number of hydrogen-bond donors (Lipinski definition) is 0. The Bertz CT molecular complexity index is 502. The molecule has 2 fully saturated rings. The van der Waals surface area contributed by atoms with Gasteiger partial charge in [0.15, 0.2) is 0 Å². The highest BCUT2D eigenvalue weighted by Gasteiger charge is 2.39. The highest BCUT2D eigenvalue weighted by atomic mass is 35.5. The van der Waals surface area contributed by atoms with Gasteiger partial charge in [0.25, 0.3) is 0 Å². The minimum absolute atomic E-state index is 0. The van der Waals surface area contributed by atoms with E-state index in [4.69, 9.17) is 4.74 Å². The van der Waals surface area contributed by atoms with Crippen LogP contribution in [0.25, 0.3) is 0 Å². The van der Waals surface area contributed by atoms with Gasteiger partial charge in [-0.05, 0) is 36.9 Å². The van der Waals surface area contributed by atoms with Crippen molar-refractivity contribution in [1.29, 1.82) is 0 Å². The van der Waals surface area contributed by atoms with Crippen LogP contribution in [0.15, 0.2) is 24.3 Å². The predicted octanol–water partition coefficient (Wildman–Crippen LogP) is 3.86. The molecule has 1 aliphatic heterocycles. The molecule has 0 radical (unpaired) electrons. The average Bonchev–Trinajstić information content (AvgIpc) is 3.35. The van der Waals surface area contributed by atoms with Crippen LogP contribution in [-0.2, 0) is 15.1 Å². The van der Waals surface area contributed by atoms with Gasteiger partial charge < -0.3 is 9.64 Å². The minimum atomic E-state index is -0.415. The van der Waals surface area contributed by atoms with Crippen LogP contribution in [0.5, 0.6) is 0 Å². The summed E-state index contributed by atoms with van der Waals surface area (Å²) in [6, 6.07) is 8.82. The van der Waals surface area contributed by atoms with Gasteiger partial charge >= 0.3 is 5.97 Å². The second-order valence-corrected chi connectivity index (χ2v) is 6.52. The number of piperidine rings is 1. The molecule has 1 saturated heterocycles. The first kappa shape index (κ1) is 17.3. The lowest BCUT2D eigenvalue weighted by atomic mass is 9.83. The molecule has 122 valence electrons. The molecule has 1 aromatic rings. The van der Waals surface area contributed by atoms with E-state index in [2.05, 4.69) is 36.2 Å². The van der Waals surface area contributed by atoms with Crippen LogP contribution < -0.4 is 0 Å². The summed E-state index contributed by atoms with van der Waals surface area (Å²) in [5, 5.41) is 0. The summed E-state index contributed by atoms with van der Waals surface area (Å²) in [5.74, 6) is 0.677. The molecule has 0 atom stereocenters. The monoisotopic (exact) mass is 323 g/mol. The quantitative estimate of drug-likeness (QED) is 0.788. The van der Waals surface area contributed by atoms with Crippen molar-refractivity contribution in [3.63, 3.8) is 0 Å². The van der Waals surface area contributed by atoms with Gasteiger partial charge in [0.2, 0.25) is 0 Å². The lowest BCUT2D eigenvalue weighted by molar-refractivity contribution is -0.166. The van der Waals surface area contributed by atoms with Crippen LogP contribution in [-0.4, -0.2) is 31.0 Å². The third-order valence-electron chi connectivity index (χ3n) is 4.88. The highest BCUT2D eigenvalue weighted by molar-refractivity contribution is 5.85. The lowest BCUT2D eigenvalue weighted by Gasteiger charge is -2.40. The molecular formula is C18H26ClNO2. The number of ether oxygens (including phenoxy) is 1. The third-order valence-corrected chi connectivity index (χ3v) is 4.88. The van der Waals surface area contributed by atoms with Crippen molar-refractivity contribution in [1.82, 2.24) is 4.90 Å². The minimum Gasteiger partial charge on any atom is -0.454 e. The Morgan fingerprint density at radius 1 is 1.23 bits per heavy atom. The first-order valence-electron chi connectivity index (χ1n) is 8.14. The number of rotatable bonds is 4. The molecule has 0 bridgehead atoms. The van der Waals surface area contributed by atoms with E-state index in [1.54, 1.807) is 0 Å². The number of carbonyl (C=O) groups is 1. The summed E-state index contributed by atoms with van der Waals surface area (Å²) in [7, 11) is 2.13. The number of nitrogens with zero attached hydrogens (tertiary/aromatic N) is 1. The number of benzene rings is 1. The van der Waals surface area contributed by atoms with Gasteiger partial charge in [-0.3, -0.25) is 4.79 Å². The van der Waals surface area contributed by atoms with Gasteiger partial charge in [0, 0.05) is 32.4 Å². The predicted molar refractivity (Wildman–Crippen MR) is 90.5 cm³/mol. The SMILES string of the molecule is CCC(=O)OC1(c2ccc(C3CC3)cc2)CCN(C)CC1.Cl. The van der Waals surface area contributed by atoms with E-state index >= 15 is 0 Å². The molecule has 0 unspecified atom stereocenters. The van der Waals surface area contributed by atoms with Crippen LogP contribution in [0, 0.1) is 0 Å². The number of esters is 1. The van der Waals surface area contributed by atoms with Crippen LogP contribution in [0.2, 0.25) is 0 Å². The Labute approximate surface area is 139 Å². The van der Waals surface area contributed by atoms with Gasteiger partial charge in [0.05, 0.1) is 0 Å². The smallest absolute Gasteiger partial charge is 0.306 e. The van der Waals surface area contributed by atoms with Gasteiger partial charge in [-0.2, -0.15) is 0 Å². The summed E-state index contributed by atoms with van der Waals surface area (Å²) in [4.78, 5) is 14.2. The number of hydrogen-bond acceptors (Lipinski definition) is 3. The van der Waals surface area contributed by atoms with Crippen LogP contribution in [0.1, 0.15) is 56.1 Å². The molecule has 1 aromatic carbocycles. The average molecular weight is 324 g/mol. The van der Waals surface area contributed by atoms with Gasteiger partial charge in [-0.1, -0.05) is 31.2 Å². The summed E-state index contributed by atoms with van der Waals surface area (Å²) in [6.45, 7) is 3.81. The van der Waals surface area contributed by atoms with Gasteiger partial charge in [0.1, 0.15) is 5.60 Å². The maximum Gasteiger partial charge on any atom is 0.306 e.